The van der Waals surface area contributed by atoms with Crippen LogP contribution in [0.15, 0.2) is 12.3 Å². The summed E-state index contributed by atoms with van der Waals surface area (Å²) in [5.41, 5.74) is 0.614. The van der Waals surface area contributed by atoms with Crippen LogP contribution in [0.3, 0.4) is 0 Å². The lowest BCUT2D eigenvalue weighted by atomic mass is 10.1. The summed E-state index contributed by atoms with van der Waals surface area (Å²) >= 11 is 0. The van der Waals surface area contributed by atoms with Crippen molar-refractivity contribution in [1.29, 1.82) is 0 Å². The third-order valence-electron chi connectivity index (χ3n) is 2.14. The van der Waals surface area contributed by atoms with Gasteiger partial charge in [-0.25, -0.2) is 9.37 Å². The average molecular weight is 200 g/mol. The lowest BCUT2D eigenvalue weighted by Gasteiger charge is -2.23. The van der Waals surface area contributed by atoms with Crippen LogP contribution in [0.2, 0.25) is 0 Å². The molecule has 1 aliphatic rings. The first-order valence-corrected chi connectivity index (χ1v) is 4.39. The van der Waals surface area contributed by atoms with E-state index < -0.39 is 11.8 Å². The van der Waals surface area contributed by atoms with Gasteiger partial charge in [-0.2, -0.15) is 4.39 Å². The van der Waals surface area contributed by atoms with Crippen molar-refractivity contribution in [2.45, 2.75) is 6.04 Å². The highest BCUT2D eigenvalue weighted by Gasteiger charge is 2.17. The predicted octanol–water partition coefficient (Wildman–Crippen LogP) is 1.02. The van der Waals surface area contributed by atoms with Crippen molar-refractivity contribution < 1.29 is 13.5 Å². The summed E-state index contributed by atoms with van der Waals surface area (Å²) in [6, 6.07) is 1.06. The Hall–Kier alpha value is -1.07. The number of ether oxygens (including phenoxy) is 1. The summed E-state index contributed by atoms with van der Waals surface area (Å²) < 4.78 is 30.6. The number of nitrogens with one attached hydrogen (secondary N) is 1. The average Bonchev–Trinajstić information content (AvgIpc) is 2.23. The Balaban J connectivity index is 2.18. The second-order valence-electron chi connectivity index (χ2n) is 3.12. The Morgan fingerprint density at radius 1 is 1.50 bits per heavy atom. The molecule has 2 heterocycles. The molecule has 1 aromatic heterocycles. The monoisotopic (exact) mass is 200 g/mol. The smallest absolute Gasteiger partial charge is 0.248 e. The topological polar surface area (TPSA) is 34.1 Å². The normalized spacial score (nSPS) is 22.3. The number of nitrogens with zero attached hydrogens (tertiary/aromatic N) is 1. The van der Waals surface area contributed by atoms with E-state index in [9.17, 15) is 8.78 Å². The lowest BCUT2D eigenvalue weighted by molar-refractivity contribution is 0.0766. The van der Waals surface area contributed by atoms with Crippen molar-refractivity contribution in [1.82, 2.24) is 10.3 Å². The quantitative estimate of drug-likeness (QED) is 0.687. The minimum atomic E-state index is -1.06. The number of hydrogen-bond donors (Lipinski definition) is 1. The first kappa shape index (κ1) is 9.48. The molecule has 76 valence electrons. The molecule has 0 radical (unpaired) electrons. The third-order valence-corrected chi connectivity index (χ3v) is 2.14. The number of morpholine rings is 1. The van der Waals surface area contributed by atoms with Crippen LogP contribution in [-0.4, -0.2) is 24.7 Å². The van der Waals surface area contributed by atoms with Gasteiger partial charge in [0.2, 0.25) is 5.95 Å². The molecule has 0 unspecified atom stereocenters. The lowest BCUT2D eigenvalue weighted by Crippen LogP contribution is -2.34. The number of aromatic nitrogens is 1. The third kappa shape index (κ3) is 1.88. The van der Waals surface area contributed by atoms with Crippen LogP contribution in [0.25, 0.3) is 0 Å². The SMILES string of the molecule is Fc1cc([C@@H]2COCCN2)cnc1F. The summed E-state index contributed by atoms with van der Waals surface area (Å²) in [4.78, 5) is 3.32. The van der Waals surface area contributed by atoms with E-state index in [1.54, 1.807) is 0 Å². The maximum absolute atomic E-state index is 12.8. The Bertz CT molecular complexity index is 327. The van der Waals surface area contributed by atoms with E-state index in [4.69, 9.17) is 4.74 Å². The zero-order chi connectivity index (χ0) is 9.97. The zero-order valence-electron chi connectivity index (χ0n) is 7.46. The van der Waals surface area contributed by atoms with Gasteiger partial charge in [0, 0.05) is 12.7 Å². The van der Waals surface area contributed by atoms with E-state index in [-0.39, 0.29) is 6.04 Å². The van der Waals surface area contributed by atoms with Gasteiger partial charge in [0.15, 0.2) is 5.82 Å². The fraction of sp³-hybridized carbons (Fsp3) is 0.444. The standard InChI is InChI=1S/C9H10F2N2O/c10-7-3-6(4-13-9(7)11)8-5-14-2-1-12-8/h3-4,8,12H,1-2,5H2/t8-/m0/s1. The highest BCUT2D eigenvalue weighted by atomic mass is 19.2. The van der Waals surface area contributed by atoms with Crippen LogP contribution in [0.4, 0.5) is 8.78 Å². The molecule has 1 fully saturated rings. The molecule has 1 saturated heterocycles. The van der Waals surface area contributed by atoms with Gasteiger partial charge in [0.1, 0.15) is 0 Å². The van der Waals surface area contributed by atoms with Crippen molar-refractivity contribution in [3.63, 3.8) is 0 Å². The summed E-state index contributed by atoms with van der Waals surface area (Å²) in [5, 5.41) is 3.13. The fourth-order valence-electron chi connectivity index (χ4n) is 1.41. The molecule has 1 atom stereocenters. The second-order valence-corrected chi connectivity index (χ2v) is 3.12. The number of rotatable bonds is 1. The van der Waals surface area contributed by atoms with Gasteiger partial charge < -0.3 is 10.1 Å². The Morgan fingerprint density at radius 3 is 3.00 bits per heavy atom. The minimum Gasteiger partial charge on any atom is -0.378 e. The van der Waals surface area contributed by atoms with E-state index in [0.717, 1.165) is 6.07 Å². The Morgan fingerprint density at radius 2 is 2.36 bits per heavy atom. The first-order chi connectivity index (χ1) is 6.77. The molecule has 5 heteroatoms. The van der Waals surface area contributed by atoms with Crippen LogP contribution in [0.1, 0.15) is 11.6 Å². The number of halogens is 2. The maximum atomic E-state index is 12.8. The van der Waals surface area contributed by atoms with Gasteiger partial charge >= 0.3 is 0 Å². The molecule has 14 heavy (non-hydrogen) atoms. The zero-order valence-corrected chi connectivity index (χ0v) is 7.46. The molecule has 0 bridgehead atoms. The molecule has 1 aliphatic heterocycles. The highest BCUT2D eigenvalue weighted by Crippen LogP contribution is 2.16. The summed E-state index contributed by atoms with van der Waals surface area (Å²) in [6.07, 6.45) is 1.32. The molecular formula is C9H10F2N2O. The van der Waals surface area contributed by atoms with Crippen molar-refractivity contribution in [3.05, 3.63) is 29.6 Å². The van der Waals surface area contributed by atoms with Crippen molar-refractivity contribution in [2.24, 2.45) is 0 Å². The molecule has 0 spiro atoms. The Labute approximate surface area is 80.1 Å². The summed E-state index contributed by atoms with van der Waals surface area (Å²) in [7, 11) is 0. The molecule has 0 aromatic carbocycles. The number of hydrogen-bond acceptors (Lipinski definition) is 3. The van der Waals surface area contributed by atoms with Crippen LogP contribution in [-0.2, 0) is 4.74 Å². The van der Waals surface area contributed by atoms with Crippen LogP contribution in [0, 0.1) is 11.8 Å². The molecule has 1 N–H and O–H groups in total. The molecule has 0 aliphatic carbocycles. The van der Waals surface area contributed by atoms with Gasteiger partial charge in [-0.05, 0) is 11.6 Å². The maximum Gasteiger partial charge on any atom is 0.248 e. The molecule has 0 saturated carbocycles. The van der Waals surface area contributed by atoms with Crippen molar-refractivity contribution >= 4 is 0 Å². The van der Waals surface area contributed by atoms with E-state index in [1.807, 2.05) is 0 Å². The van der Waals surface area contributed by atoms with Crippen molar-refractivity contribution in [3.8, 4) is 0 Å². The van der Waals surface area contributed by atoms with Crippen LogP contribution in [0.5, 0.6) is 0 Å². The molecule has 2 rings (SSSR count). The highest BCUT2D eigenvalue weighted by molar-refractivity contribution is 5.16. The van der Waals surface area contributed by atoms with Gasteiger partial charge in [0.05, 0.1) is 19.3 Å². The largest absolute Gasteiger partial charge is 0.378 e. The predicted molar refractivity (Wildman–Crippen MR) is 45.7 cm³/mol. The summed E-state index contributed by atoms with van der Waals surface area (Å²) in [6.45, 7) is 1.82. The minimum absolute atomic E-state index is 0.0913. The van der Waals surface area contributed by atoms with Crippen molar-refractivity contribution in [2.75, 3.05) is 19.8 Å². The fourth-order valence-corrected chi connectivity index (χ4v) is 1.41. The number of pyridine rings is 1. The van der Waals surface area contributed by atoms with E-state index in [0.29, 0.717) is 25.3 Å². The summed E-state index contributed by atoms with van der Waals surface area (Å²) in [5.74, 6) is -1.99. The van der Waals surface area contributed by atoms with E-state index in [2.05, 4.69) is 10.3 Å². The molecule has 1 aromatic rings. The second kappa shape index (κ2) is 3.98. The van der Waals surface area contributed by atoms with Crippen LogP contribution >= 0.6 is 0 Å². The van der Waals surface area contributed by atoms with Crippen LogP contribution < -0.4 is 5.32 Å². The van der Waals surface area contributed by atoms with Gasteiger partial charge in [-0.15, -0.1) is 0 Å². The van der Waals surface area contributed by atoms with Gasteiger partial charge in [-0.3, -0.25) is 0 Å². The van der Waals surface area contributed by atoms with Gasteiger partial charge in [0.25, 0.3) is 0 Å². The van der Waals surface area contributed by atoms with E-state index >= 15 is 0 Å². The molecular weight excluding hydrogens is 190 g/mol. The Kier molecular flexibility index (Phi) is 2.69. The van der Waals surface area contributed by atoms with E-state index in [1.165, 1.54) is 6.20 Å². The first-order valence-electron chi connectivity index (χ1n) is 4.39. The van der Waals surface area contributed by atoms with Gasteiger partial charge in [-0.1, -0.05) is 0 Å². The molecule has 3 nitrogen and oxygen atoms in total. The molecule has 0 amide bonds.